The Morgan fingerprint density at radius 3 is 2.00 bits per heavy atom. The highest BCUT2D eigenvalue weighted by Gasteiger charge is 2.18. The Bertz CT molecular complexity index is 452. The van der Waals surface area contributed by atoms with Crippen LogP contribution >= 0.6 is 0 Å². The van der Waals surface area contributed by atoms with Gasteiger partial charge in [0.25, 0.3) is 0 Å². The Labute approximate surface area is 139 Å². The van der Waals surface area contributed by atoms with Crippen LogP contribution in [0.25, 0.3) is 0 Å². The molecule has 0 bridgehead atoms. The van der Waals surface area contributed by atoms with E-state index in [0.29, 0.717) is 5.92 Å². The maximum Gasteiger partial charge on any atom is 0.0137 e. The topological polar surface area (TPSA) is 12.0 Å². The van der Waals surface area contributed by atoms with Crippen LogP contribution in [0.15, 0.2) is 46.6 Å². The zero-order valence-corrected chi connectivity index (χ0v) is 16.3. The first-order valence-corrected chi connectivity index (χ1v) is 8.46. The van der Waals surface area contributed by atoms with Crippen LogP contribution in [0.4, 0.5) is 0 Å². The molecule has 0 saturated heterocycles. The van der Waals surface area contributed by atoms with E-state index in [0.717, 1.165) is 13.0 Å². The maximum absolute atomic E-state index is 3.16. The molecule has 0 unspecified atom stereocenters. The summed E-state index contributed by atoms with van der Waals surface area (Å²) in [7, 11) is 1.98. The molecule has 22 heavy (non-hydrogen) atoms. The van der Waals surface area contributed by atoms with Gasteiger partial charge in [0.1, 0.15) is 0 Å². The van der Waals surface area contributed by atoms with Gasteiger partial charge in [-0.2, -0.15) is 0 Å². The normalized spacial score (nSPS) is 14.1. The SMILES string of the molecule is CNC/C=C(C)/C(C)=C\CC(/C=C\C(C)(C)C(C)C)=C(C)C. The van der Waals surface area contributed by atoms with Crippen molar-refractivity contribution < 1.29 is 0 Å². The van der Waals surface area contributed by atoms with Gasteiger partial charge in [-0.15, -0.1) is 0 Å². The summed E-state index contributed by atoms with van der Waals surface area (Å²) in [6.07, 6.45) is 10.3. The van der Waals surface area contributed by atoms with Crippen molar-refractivity contribution in [3.05, 3.63) is 46.6 Å². The van der Waals surface area contributed by atoms with Gasteiger partial charge in [0, 0.05) is 6.54 Å². The summed E-state index contributed by atoms with van der Waals surface area (Å²) < 4.78 is 0. The van der Waals surface area contributed by atoms with E-state index in [2.05, 4.69) is 85.0 Å². The van der Waals surface area contributed by atoms with E-state index in [-0.39, 0.29) is 5.41 Å². The van der Waals surface area contributed by atoms with Crippen LogP contribution in [-0.2, 0) is 0 Å². The van der Waals surface area contributed by atoms with Crippen molar-refractivity contribution in [2.24, 2.45) is 11.3 Å². The first kappa shape index (κ1) is 20.9. The van der Waals surface area contributed by atoms with E-state index in [1.54, 1.807) is 0 Å². The standard InChI is InChI=1S/C21H37N/c1-16(2)20(12-14-21(7,8)17(3)4)11-10-18(5)19(6)13-15-22-9/h10,12-14,17,22H,11,15H2,1-9H3/b14-12-,18-10-,19-13+. The van der Waals surface area contributed by atoms with Gasteiger partial charge in [-0.3, -0.25) is 0 Å². The lowest BCUT2D eigenvalue weighted by Crippen LogP contribution is -2.15. The summed E-state index contributed by atoms with van der Waals surface area (Å²) in [5, 5.41) is 3.16. The highest BCUT2D eigenvalue weighted by molar-refractivity contribution is 5.32. The third kappa shape index (κ3) is 7.79. The van der Waals surface area contributed by atoms with Crippen LogP contribution in [0.1, 0.15) is 61.8 Å². The van der Waals surface area contributed by atoms with E-state index in [1.165, 1.54) is 22.3 Å². The summed E-state index contributed by atoms with van der Waals surface area (Å²) >= 11 is 0. The molecular weight excluding hydrogens is 266 g/mol. The molecule has 0 aromatic carbocycles. The van der Waals surface area contributed by atoms with Crippen molar-refractivity contribution in [3.8, 4) is 0 Å². The molecule has 0 spiro atoms. The van der Waals surface area contributed by atoms with Crippen LogP contribution in [0.5, 0.6) is 0 Å². The van der Waals surface area contributed by atoms with Crippen molar-refractivity contribution in [2.75, 3.05) is 13.6 Å². The molecule has 0 aliphatic carbocycles. The van der Waals surface area contributed by atoms with E-state index < -0.39 is 0 Å². The van der Waals surface area contributed by atoms with Gasteiger partial charge >= 0.3 is 0 Å². The third-order valence-electron chi connectivity index (χ3n) is 4.71. The summed E-state index contributed by atoms with van der Waals surface area (Å²) in [5.41, 5.74) is 5.79. The molecule has 0 heterocycles. The van der Waals surface area contributed by atoms with Gasteiger partial charge < -0.3 is 5.32 Å². The van der Waals surface area contributed by atoms with Crippen molar-refractivity contribution in [1.82, 2.24) is 5.32 Å². The molecule has 126 valence electrons. The summed E-state index contributed by atoms with van der Waals surface area (Å²) in [4.78, 5) is 0. The Balaban J connectivity index is 5.05. The molecule has 1 heteroatoms. The summed E-state index contributed by atoms with van der Waals surface area (Å²) in [6.45, 7) is 18.9. The molecule has 0 radical (unpaired) electrons. The van der Waals surface area contributed by atoms with Crippen molar-refractivity contribution >= 4 is 0 Å². The predicted molar refractivity (Wildman–Crippen MR) is 102 cm³/mol. The molecule has 1 N–H and O–H groups in total. The second-order valence-electron chi connectivity index (χ2n) is 7.37. The highest BCUT2D eigenvalue weighted by atomic mass is 14.8. The summed E-state index contributed by atoms with van der Waals surface area (Å²) in [5.74, 6) is 0.645. The Kier molecular flexibility index (Phi) is 9.36. The van der Waals surface area contributed by atoms with E-state index in [1.807, 2.05) is 7.05 Å². The zero-order valence-electron chi connectivity index (χ0n) is 16.3. The minimum absolute atomic E-state index is 0.238. The number of likely N-dealkylation sites (N-methyl/N-ethyl adjacent to an activating group) is 1. The molecule has 0 amide bonds. The van der Waals surface area contributed by atoms with Crippen molar-refractivity contribution in [1.29, 1.82) is 0 Å². The maximum atomic E-state index is 3.16. The fourth-order valence-electron chi connectivity index (χ4n) is 1.79. The number of rotatable bonds is 8. The molecule has 0 fully saturated rings. The molecule has 0 saturated carbocycles. The molecule has 0 aromatic heterocycles. The Hall–Kier alpha value is -1.08. The predicted octanol–water partition coefficient (Wildman–Crippen LogP) is 6.06. The molecule has 0 aliphatic rings. The van der Waals surface area contributed by atoms with E-state index in [9.17, 15) is 0 Å². The van der Waals surface area contributed by atoms with Crippen LogP contribution in [0, 0.1) is 11.3 Å². The number of hydrogen-bond acceptors (Lipinski definition) is 1. The Morgan fingerprint density at radius 1 is 1.00 bits per heavy atom. The molecule has 0 aliphatic heterocycles. The molecule has 0 aromatic rings. The fraction of sp³-hybridized carbons (Fsp3) is 0.619. The van der Waals surface area contributed by atoms with E-state index >= 15 is 0 Å². The smallest absolute Gasteiger partial charge is 0.0137 e. The quantitative estimate of drug-likeness (QED) is 0.537. The van der Waals surface area contributed by atoms with Gasteiger partial charge in [0.2, 0.25) is 0 Å². The third-order valence-corrected chi connectivity index (χ3v) is 4.71. The van der Waals surface area contributed by atoms with Gasteiger partial charge in [0.15, 0.2) is 0 Å². The highest BCUT2D eigenvalue weighted by Crippen LogP contribution is 2.29. The minimum atomic E-state index is 0.238. The van der Waals surface area contributed by atoms with Crippen LogP contribution < -0.4 is 5.32 Å². The lowest BCUT2D eigenvalue weighted by atomic mass is 9.80. The first-order chi connectivity index (χ1) is 10.1. The average Bonchev–Trinajstić information content (AvgIpc) is 2.43. The second-order valence-corrected chi connectivity index (χ2v) is 7.37. The molecule has 0 atom stereocenters. The van der Waals surface area contributed by atoms with Crippen LogP contribution in [0.3, 0.4) is 0 Å². The van der Waals surface area contributed by atoms with Crippen molar-refractivity contribution in [2.45, 2.75) is 61.8 Å². The van der Waals surface area contributed by atoms with Gasteiger partial charge in [-0.25, -0.2) is 0 Å². The minimum Gasteiger partial charge on any atom is -0.316 e. The number of hydrogen-bond donors (Lipinski definition) is 1. The lowest BCUT2D eigenvalue weighted by Gasteiger charge is -2.25. The van der Waals surface area contributed by atoms with E-state index in [4.69, 9.17) is 0 Å². The largest absolute Gasteiger partial charge is 0.316 e. The second kappa shape index (κ2) is 9.84. The Morgan fingerprint density at radius 2 is 1.55 bits per heavy atom. The molecule has 1 nitrogen and oxygen atoms in total. The van der Waals surface area contributed by atoms with Crippen molar-refractivity contribution in [3.63, 3.8) is 0 Å². The van der Waals surface area contributed by atoms with Crippen LogP contribution in [0.2, 0.25) is 0 Å². The first-order valence-electron chi connectivity index (χ1n) is 8.46. The average molecular weight is 304 g/mol. The zero-order chi connectivity index (χ0) is 17.3. The van der Waals surface area contributed by atoms with Gasteiger partial charge in [-0.05, 0) is 58.1 Å². The lowest BCUT2D eigenvalue weighted by molar-refractivity contribution is 0.333. The van der Waals surface area contributed by atoms with Crippen LogP contribution in [-0.4, -0.2) is 13.6 Å². The summed E-state index contributed by atoms with van der Waals surface area (Å²) in [6, 6.07) is 0. The number of allylic oxidation sites excluding steroid dienone is 7. The van der Waals surface area contributed by atoms with Gasteiger partial charge in [0.05, 0.1) is 0 Å². The fourth-order valence-corrected chi connectivity index (χ4v) is 1.79. The number of nitrogens with one attached hydrogen (secondary N) is 1. The monoisotopic (exact) mass is 303 g/mol. The van der Waals surface area contributed by atoms with Gasteiger partial charge in [-0.1, -0.05) is 68.7 Å². The molecular formula is C21H37N. The molecule has 0 rings (SSSR count).